The van der Waals surface area contributed by atoms with Crippen LogP contribution in [0.4, 0.5) is 0 Å². The minimum Gasteiger partial charge on any atom is -0.317 e. The summed E-state index contributed by atoms with van der Waals surface area (Å²) in [6, 6.07) is 4.66. The lowest BCUT2D eigenvalue weighted by Gasteiger charge is -2.37. The second kappa shape index (κ2) is 5.58. The maximum atomic E-state index is 4.46. The predicted molar refractivity (Wildman–Crippen MR) is 83.0 cm³/mol. The third-order valence-corrected chi connectivity index (χ3v) is 4.61. The zero-order valence-corrected chi connectivity index (χ0v) is 12.2. The van der Waals surface area contributed by atoms with Crippen LogP contribution in [0.1, 0.15) is 25.0 Å². The van der Waals surface area contributed by atoms with Gasteiger partial charge in [0, 0.05) is 25.3 Å². The lowest BCUT2D eigenvalue weighted by molar-refractivity contribution is 0.180. The van der Waals surface area contributed by atoms with Gasteiger partial charge in [0.25, 0.3) is 0 Å². The van der Waals surface area contributed by atoms with Crippen molar-refractivity contribution in [2.24, 2.45) is 0 Å². The van der Waals surface area contributed by atoms with Crippen LogP contribution in [0, 0.1) is 0 Å². The van der Waals surface area contributed by atoms with Gasteiger partial charge in [-0.15, -0.1) is 0 Å². The van der Waals surface area contributed by atoms with Gasteiger partial charge >= 0.3 is 0 Å². The zero-order valence-electron chi connectivity index (χ0n) is 12.2. The Morgan fingerprint density at radius 1 is 1.24 bits per heavy atom. The lowest BCUT2D eigenvalue weighted by atomic mass is 10.00. The number of imidazole rings is 1. The maximum absolute atomic E-state index is 4.46. The molecule has 1 saturated heterocycles. The SMILES string of the molecule is C1=C(c2cnc3cccnn23)CN(C2CCNCC2)CC1. The van der Waals surface area contributed by atoms with Crippen molar-refractivity contribution in [2.75, 3.05) is 26.2 Å². The molecule has 0 spiro atoms. The van der Waals surface area contributed by atoms with E-state index in [0.717, 1.165) is 43.4 Å². The minimum absolute atomic E-state index is 0.724. The quantitative estimate of drug-likeness (QED) is 0.909. The molecule has 0 bridgehead atoms. The molecule has 1 fully saturated rings. The molecular weight excluding hydrogens is 262 g/mol. The zero-order chi connectivity index (χ0) is 14.1. The monoisotopic (exact) mass is 283 g/mol. The Morgan fingerprint density at radius 2 is 2.14 bits per heavy atom. The average Bonchev–Trinajstić information content (AvgIpc) is 3.00. The molecule has 0 saturated carbocycles. The molecule has 0 atom stereocenters. The van der Waals surface area contributed by atoms with Crippen molar-refractivity contribution in [3.05, 3.63) is 36.3 Å². The van der Waals surface area contributed by atoms with Crippen molar-refractivity contribution in [3.8, 4) is 0 Å². The third-order valence-electron chi connectivity index (χ3n) is 4.61. The first kappa shape index (κ1) is 13.0. The van der Waals surface area contributed by atoms with E-state index in [2.05, 4.69) is 26.4 Å². The summed E-state index contributed by atoms with van der Waals surface area (Å²) in [6.07, 6.45) is 9.79. The first-order chi connectivity index (χ1) is 10.4. The van der Waals surface area contributed by atoms with Gasteiger partial charge < -0.3 is 5.32 Å². The normalized spacial score (nSPS) is 21.6. The first-order valence-electron chi connectivity index (χ1n) is 7.85. The molecule has 5 heteroatoms. The molecule has 1 N–H and O–H groups in total. The summed E-state index contributed by atoms with van der Waals surface area (Å²) in [5.41, 5.74) is 3.43. The number of rotatable bonds is 2. The van der Waals surface area contributed by atoms with Crippen LogP contribution < -0.4 is 5.32 Å². The van der Waals surface area contributed by atoms with Crippen LogP contribution in [-0.4, -0.2) is 51.7 Å². The van der Waals surface area contributed by atoms with Gasteiger partial charge in [-0.25, -0.2) is 9.50 Å². The summed E-state index contributed by atoms with van der Waals surface area (Å²) in [5.74, 6) is 0. The number of fused-ring (bicyclic) bond motifs is 1. The van der Waals surface area contributed by atoms with Crippen LogP contribution >= 0.6 is 0 Å². The van der Waals surface area contributed by atoms with Crippen LogP contribution in [0.5, 0.6) is 0 Å². The van der Waals surface area contributed by atoms with Crippen LogP contribution in [0.3, 0.4) is 0 Å². The Bertz CT molecular complexity index is 653. The molecule has 0 aromatic carbocycles. The molecule has 2 aromatic heterocycles. The van der Waals surface area contributed by atoms with E-state index in [1.807, 2.05) is 29.0 Å². The van der Waals surface area contributed by atoms with Crippen molar-refractivity contribution in [3.63, 3.8) is 0 Å². The number of hydrogen-bond donors (Lipinski definition) is 1. The van der Waals surface area contributed by atoms with E-state index in [4.69, 9.17) is 0 Å². The molecule has 2 aliphatic rings. The topological polar surface area (TPSA) is 45.5 Å². The Morgan fingerprint density at radius 3 is 3.05 bits per heavy atom. The number of piperidine rings is 1. The van der Waals surface area contributed by atoms with E-state index in [1.165, 1.54) is 25.0 Å². The highest BCUT2D eigenvalue weighted by Crippen LogP contribution is 2.24. The standard InChI is InChI=1S/C16H21N5/c1-4-16-18-11-15(21(16)19-7-1)13-3-2-10-20(12-13)14-5-8-17-9-6-14/h1,3-4,7,11,14,17H,2,5-6,8-10,12H2. The van der Waals surface area contributed by atoms with Crippen LogP contribution in [-0.2, 0) is 0 Å². The summed E-state index contributed by atoms with van der Waals surface area (Å²) in [6.45, 7) is 4.50. The molecule has 21 heavy (non-hydrogen) atoms. The molecule has 0 aliphatic carbocycles. The summed E-state index contributed by atoms with van der Waals surface area (Å²) in [5, 5.41) is 7.89. The van der Waals surface area contributed by atoms with Gasteiger partial charge in [-0.1, -0.05) is 6.08 Å². The molecule has 2 aliphatic heterocycles. The summed E-state index contributed by atoms with van der Waals surface area (Å²) in [4.78, 5) is 7.10. The summed E-state index contributed by atoms with van der Waals surface area (Å²) >= 11 is 0. The lowest BCUT2D eigenvalue weighted by Crippen LogP contribution is -2.45. The van der Waals surface area contributed by atoms with Gasteiger partial charge in [0.15, 0.2) is 5.65 Å². The van der Waals surface area contributed by atoms with Crippen LogP contribution in [0.2, 0.25) is 0 Å². The molecule has 0 amide bonds. The second-order valence-electron chi connectivity index (χ2n) is 5.91. The molecule has 4 rings (SSSR count). The van der Waals surface area contributed by atoms with Crippen molar-refractivity contribution >= 4 is 11.2 Å². The fourth-order valence-corrected chi connectivity index (χ4v) is 3.48. The highest BCUT2D eigenvalue weighted by molar-refractivity contribution is 5.67. The van der Waals surface area contributed by atoms with Gasteiger partial charge in [-0.2, -0.15) is 5.10 Å². The summed E-state index contributed by atoms with van der Waals surface area (Å²) < 4.78 is 1.96. The van der Waals surface area contributed by atoms with Crippen molar-refractivity contribution in [1.29, 1.82) is 0 Å². The first-order valence-corrected chi connectivity index (χ1v) is 7.85. The van der Waals surface area contributed by atoms with E-state index < -0.39 is 0 Å². The van der Waals surface area contributed by atoms with E-state index in [0.29, 0.717) is 0 Å². The maximum Gasteiger partial charge on any atom is 0.154 e. The molecule has 110 valence electrons. The highest BCUT2D eigenvalue weighted by Gasteiger charge is 2.24. The van der Waals surface area contributed by atoms with E-state index >= 15 is 0 Å². The van der Waals surface area contributed by atoms with Crippen LogP contribution in [0.15, 0.2) is 30.6 Å². The highest BCUT2D eigenvalue weighted by atomic mass is 15.3. The van der Waals surface area contributed by atoms with Crippen molar-refractivity contribution < 1.29 is 0 Å². The molecule has 5 nitrogen and oxygen atoms in total. The Balaban J connectivity index is 1.59. The van der Waals surface area contributed by atoms with Gasteiger partial charge in [0.2, 0.25) is 0 Å². The minimum atomic E-state index is 0.724. The van der Waals surface area contributed by atoms with E-state index in [1.54, 1.807) is 0 Å². The fraction of sp³-hybridized carbons (Fsp3) is 0.500. The van der Waals surface area contributed by atoms with E-state index in [-0.39, 0.29) is 0 Å². The smallest absolute Gasteiger partial charge is 0.154 e. The van der Waals surface area contributed by atoms with Crippen molar-refractivity contribution in [2.45, 2.75) is 25.3 Å². The van der Waals surface area contributed by atoms with Gasteiger partial charge in [0.1, 0.15) is 0 Å². The number of aromatic nitrogens is 3. The number of nitrogens with one attached hydrogen (secondary N) is 1. The van der Waals surface area contributed by atoms with Crippen molar-refractivity contribution in [1.82, 2.24) is 24.8 Å². The van der Waals surface area contributed by atoms with Gasteiger partial charge in [-0.05, 0) is 50.1 Å². The average molecular weight is 283 g/mol. The van der Waals surface area contributed by atoms with Crippen LogP contribution in [0.25, 0.3) is 11.2 Å². The molecule has 0 radical (unpaired) electrons. The predicted octanol–water partition coefficient (Wildman–Crippen LogP) is 1.57. The molecular formula is C16H21N5. The largest absolute Gasteiger partial charge is 0.317 e. The Hall–Kier alpha value is -1.72. The molecule has 2 aromatic rings. The van der Waals surface area contributed by atoms with Gasteiger partial charge in [-0.3, -0.25) is 4.90 Å². The third kappa shape index (κ3) is 2.47. The Labute approximate surface area is 124 Å². The molecule has 4 heterocycles. The second-order valence-corrected chi connectivity index (χ2v) is 5.91. The Kier molecular flexibility index (Phi) is 3.45. The number of hydrogen-bond acceptors (Lipinski definition) is 4. The van der Waals surface area contributed by atoms with E-state index in [9.17, 15) is 0 Å². The fourth-order valence-electron chi connectivity index (χ4n) is 3.48. The van der Waals surface area contributed by atoms with Gasteiger partial charge in [0.05, 0.1) is 11.9 Å². The number of nitrogens with zero attached hydrogens (tertiary/aromatic N) is 4. The molecule has 0 unspecified atom stereocenters. The summed E-state index contributed by atoms with van der Waals surface area (Å²) in [7, 11) is 0.